The standard InChI is InChI=1S/C21H17F3N2O2/c1-14-4-2-5-17(12-14)25-19(27)18-6-3-11-26(20(18)28)13-15-7-9-16(10-8-15)21(22,23)24/h2-12H,13H2,1H3,(H,25,27). The fourth-order valence-corrected chi connectivity index (χ4v) is 2.75. The Kier molecular flexibility index (Phi) is 5.35. The summed E-state index contributed by atoms with van der Waals surface area (Å²) in [5, 5.41) is 2.68. The summed E-state index contributed by atoms with van der Waals surface area (Å²) in [4.78, 5) is 25.1. The molecule has 7 heteroatoms. The maximum absolute atomic E-state index is 12.7. The van der Waals surface area contributed by atoms with Crippen molar-refractivity contribution in [1.29, 1.82) is 0 Å². The number of aryl methyl sites for hydroxylation is 1. The lowest BCUT2D eigenvalue weighted by Gasteiger charge is -2.11. The Hall–Kier alpha value is -3.35. The minimum atomic E-state index is -4.41. The van der Waals surface area contributed by atoms with Crippen LogP contribution in [0.25, 0.3) is 0 Å². The molecule has 4 nitrogen and oxygen atoms in total. The summed E-state index contributed by atoms with van der Waals surface area (Å²) >= 11 is 0. The molecule has 28 heavy (non-hydrogen) atoms. The highest BCUT2D eigenvalue weighted by Gasteiger charge is 2.29. The number of nitrogens with zero attached hydrogens (tertiary/aromatic N) is 1. The van der Waals surface area contributed by atoms with Crippen molar-refractivity contribution in [3.8, 4) is 0 Å². The van der Waals surface area contributed by atoms with Crippen LogP contribution in [0.4, 0.5) is 18.9 Å². The van der Waals surface area contributed by atoms with Crippen LogP contribution in [0, 0.1) is 6.92 Å². The average molecular weight is 386 g/mol. The zero-order valence-electron chi connectivity index (χ0n) is 15.0. The topological polar surface area (TPSA) is 51.1 Å². The monoisotopic (exact) mass is 386 g/mol. The molecular formula is C21H17F3N2O2. The smallest absolute Gasteiger partial charge is 0.322 e. The van der Waals surface area contributed by atoms with Gasteiger partial charge in [-0.1, -0.05) is 24.3 Å². The van der Waals surface area contributed by atoms with Crippen LogP contribution in [0.5, 0.6) is 0 Å². The van der Waals surface area contributed by atoms with Gasteiger partial charge < -0.3 is 9.88 Å². The molecular weight excluding hydrogens is 369 g/mol. The van der Waals surface area contributed by atoms with Gasteiger partial charge in [0.05, 0.1) is 12.1 Å². The number of hydrogen-bond acceptors (Lipinski definition) is 2. The van der Waals surface area contributed by atoms with E-state index in [0.29, 0.717) is 11.3 Å². The van der Waals surface area contributed by atoms with Gasteiger partial charge in [-0.05, 0) is 54.4 Å². The first-order valence-corrected chi connectivity index (χ1v) is 8.47. The Bertz CT molecular complexity index is 1050. The molecule has 0 atom stereocenters. The predicted molar refractivity (Wildman–Crippen MR) is 100 cm³/mol. The largest absolute Gasteiger partial charge is 0.416 e. The van der Waals surface area contributed by atoms with Crippen LogP contribution in [0.2, 0.25) is 0 Å². The number of pyridine rings is 1. The molecule has 0 aliphatic rings. The van der Waals surface area contributed by atoms with E-state index in [1.165, 1.54) is 29.0 Å². The highest BCUT2D eigenvalue weighted by Crippen LogP contribution is 2.29. The maximum atomic E-state index is 12.7. The van der Waals surface area contributed by atoms with E-state index in [1.807, 2.05) is 13.0 Å². The van der Waals surface area contributed by atoms with E-state index < -0.39 is 23.2 Å². The van der Waals surface area contributed by atoms with Gasteiger partial charge in [0, 0.05) is 11.9 Å². The van der Waals surface area contributed by atoms with Crippen molar-refractivity contribution < 1.29 is 18.0 Å². The number of carbonyl (C=O) groups excluding carboxylic acids is 1. The molecule has 0 radical (unpaired) electrons. The molecule has 0 unspecified atom stereocenters. The summed E-state index contributed by atoms with van der Waals surface area (Å²) in [7, 11) is 0. The molecule has 0 fully saturated rings. The summed E-state index contributed by atoms with van der Waals surface area (Å²) < 4.78 is 39.3. The number of nitrogens with one attached hydrogen (secondary N) is 1. The second kappa shape index (κ2) is 7.72. The first-order chi connectivity index (χ1) is 13.2. The minimum Gasteiger partial charge on any atom is -0.322 e. The third-order valence-electron chi connectivity index (χ3n) is 4.17. The van der Waals surface area contributed by atoms with Crippen LogP contribution in [-0.4, -0.2) is 10.5 Å². The maximum Gasteiger partial charge on any atom is 0.416 e. The zero-order chi connectivity index (χ0) is 20.3. The van der Waals surface area contributed by atoms with Crippen LogP contribution >= 0.6 is 0 Å². The van der Waals surface area contributed by atoms with Crippen molar-refractivity contribution in [2.24, 2.45) is 0 Å². The first-order valence-electron chi connectivity index (χ1n) is 8.47. The SMILES string of the molecule is Cc1cccc(NC(=O)c2cccn(Cc3ccc(C(F)(F)F)cc3)c2=O)c1. The molecule has 144 valence electrons. The fourth-order valence-electron chi connectivity index (χ4n) is 2.75. The van der Waals surface area contributed by atoms with Gasteiger partial charge in [0.25, 0.3) is 11.5 Å². The number of halogens is 3. The summed E-state index contributed by atoms with van der Waals surface area (Å²) in [5.41, 5.74) is 0.734. The highest BCUT2D eigenvalue weighted by atomic mass is 19.4. The van der Waals surface area contributed by atoms with E-state index in [9.17, 15) is 22.8 Å². The number of anilines is 1. The van der Waals surface area contributed by atoms with E-state index >= 15 is 0 Å². The third-order valence-corrected chi connectivity index (χ3v) is 4.17. The second-order valence-electron chi connectivity index (χ2n) is 6.37. The number of amides is 1. The van der Waals surface area contributed by atoms with Crippen molar-refractivity contribution in [1.82, 2.24) is 4.57 Å². The van der Waals surface area contributed by atoms with E-state index in [4.69, 9.17) is 0 Å². The summed E-state index contributed by atoms with van der Waals surface area (Å²) in [6, 6.07) is 14.7. The van der Waals surface area contributed by atoms with E-state index in [2.05, 4.69) is 5.32 Å². The molecule has 0 aliphatic heterocycles. The fraction of sp³-hybridized carbons (Fsp3) is 0.143. The highest BCUT2D eigenvalue weighted by molar-refractivity contribution is 6.04. The normalized spacial score (nSPS) is 11.3. The van der Waals surface area contributed by atoms with Crippen molar-refractivity contribution in [2.75, 3.05) is 5.32 Å². The van der Waals surface area contributed by atoms with Crippen molar-refractivity contribution in [3.63, 3.8) is 0 Å². The number of hydrogen-bond donors (Lipinski definition) is 1. The Balaban J connectivity index is 1.81. The Morgan fingerprint density at radius 2 is 1.75 bits per heavy atom. The molecule has 0 spiro atoms. The lowest BCUT2D eigenvalue weighted by molar-refractivity contribution is -0.137. The van der Waals surface area contributed by atoms with E-state index in [0.717, 1.165) is 17.7 Å². The molecule has 1 aromatic heterocycles. The number of benzene rings is 2. The van der Waals surface area contributed by atoms with Gasteiger partial charge in [-0.15, -0.1) is 0 Å². The molecule has 0 aliphatic carbocycles. The molecule has 0 saturated carbocycles. The van der Waals surface area contributed by atoms with Crippen LogP contribution in [0.1, 0.15) is 27.0 Å². The molecule has 2 aromatic carbocycles. The number of alkyl halides is 3. The quantitative estimate of drug-likeness (QED) is 0.719. The Morgan fingerprint density at radius 1 is 1.04 bits per heavy atom. The van der Waals surface area contributed by atoms with Gasteiger partial charge in [-0.3, -0.25) is 9.59 Å². The van der Waals surface area contributed by atoms with Gasteiger partial charge in [0.2, 0.25) is 0 Å². The summed E-state index contributed by atoms with van der Waals surface area (Å²) in [6.07, 6.45) is -2.92. The molecule has 0 saturated heterocycles. The minimum absolute atomic E-state index is 0.0454. The Labute approximate surface area is 159 Å². The number of carbonyl (C=O) groups is 1. The van der Waals surface area contributed by atoms with Crippen molar-refractivity contribution >= 4 is 11.6 Å². The van der Waals surface area contributed by atoms with Gasteiger partial charge in [-0.25, -0.2) is 0 Å². The van der Waals surface area contributed by atoms with Gasteiger partial charge in [-0.2, -0.15) is 13.2 Å². The second-order valence-corrected chi connectivity index (χ2v) is 6.37. The average Bonchev–Trinajstić information content (AvgIpc) is 2.63. The van der Waals surface area contributed by atoms with Crippen LogP contribution in [-0.2, 0) is 12.7 Å². The number of rotatable bonds is 4. The van der Waals surface area contributed by atoms with Crippen LogP contribution < -0.4 is 10.9 Å². The third kappa shape index (κ3) is 4.49. The molecule has 3 aromatic rings. The zero-order valence-corrected chi connectivity index (χ0v) is 15.0. The van der Waals surface area contributed by atoms with Crippen LogP contribution in [0.3, 0.4) is 0 Å². The molecule has 1 amide bonds. The first kappa shape index (κ1) is 19.4. The van der Waals surface area contributed by atoms with Crippen LogP contribution in [0.15, 0.2) is 71.7 Å². The van der Waals surface area contributed by atoms with Gasteiger partial charge in [0.15, 0.2) is 0 Å². The predicted octanol–water partition coefficient (Wildman–Crippen LogP) is 4.48. The van der Waals surface area contributed by atoms with E-state index in [-0.39, 0.29) is 12.1 Å². The lowest BCUT2D eigenvalue weighted by Crippen LogP contribution is -2.29. The number of aromatic nitrogens is 1. The van der Waals surface area contributed by atoms with Crippen molar-refractivity contribution in [2.45, 2.75) is 19.6 Å². The van der Waals surface area contributed by atoms with Gasteiger partial charge >= 0.3 is 6.18 Å². The molecule has 1 heterocycles. The van der Waals surface area contributed by atoms with E-state index in [1.54, 1.807) is 24.3 Å². The molecule has 1 N–H and O–H groups in total. The molecule has 3 rings (SSSR count). The van der Waals surface area contributed by atoms with Gasteiger partial charge in [0.1, 0.15) is 5.56 Å². The Morgan fingerprint density at radius 3 is 2.39 bits per heavy atom. The lowest BCUT2D eigenvalue weighted by atomic mass is 10.1. The molecule has 0 bridgehead atoms. The summed E-state index contributed by atoms with van der Waals surface area (Å²) in [6.45, 7) is 1.94. The van der Waals surface area contributed by atoms with Crippen molar-refractivity contribution in [3.05, 3.63) is 99.5 Å². The summed E-state index contributed by atoms with van der Waals surface area (Å²) in [5.74, 6) is -0.544.